The van der Waals surface area contributed by atoms with Crippen LogP contribution in [0.25, 0.3) is 0 Å². The van der Waals surface area contributed by atoms with Crippen LogP contribution in [-0.2, 0) is 5.88 Å². The van der Waals surface area contributed by atoms with E-state index in [1.165, 1.54) is 36.9 Å². The van der Waals surface area contributed by atoms with Crippen LogP contribution in [0.3, 0.4) is 0 Å². The molecule has 0 aliphatic heterocycles. The van der Waals surface area contributed by atoms with Crippen LogP contribution in [0, 0.1) is 0 Å². The molecule has 0 unspecified atom stereocenters. The molecular weight excluding hydrogens is 298 g/mol. The van der Waals surface area contributed by atoms with Crippen molar-refractivity contribution in [1.82, 2.24) is 0 Å². The monoisotopic (exact) mass is 315 g/mol. The maximum Gasteiger partial charge on any atom is 0.0494 e. The van der Waals surface area contributed by atoms with Crippen LogP contribution in [-0.4, -0.2) is 12.6 Å². The van der Waals surface area contributed by atoms with Crippen LogP contribution in [0.1, 0.15) is 38.2 Å². The second-order valence-corrected chi connectivity index (χ2v) is 5.87. The summed E-state index contributed by atoms with van der Waals surface area (Å²) >= 11 is 9.61. The summed E-state index contributed by atoms with van der Waals surface area (Å²) in [5.41, 5.74) is 2.57. The van der Waals surface area contributed by atoms with Crippen LogP contribution in [0.5, 0.6) is 0 Å². The van der Waals surface area contributed by atoms with Crippen LogP contribution < -0.4 is 4.90 Å². The molecule has 94 valence electrons. The lowest BCUT2D eigenvalue weighted by Gasteiger charge is -2.27. The SMILES string of the molecule is CCCCN(c1cc(Br)ccc1CCl)C1CC1. The Morgan fingerprint density at radius 1 is 1.41 bits per heavy atom. The predicted octanol–water partition coefficient (Wildman–Crippen LogP) is 4.96. The van der Waals surface area contributed by atoms with Gasteiger partial charge in [0.25, 0.3) is 0 Å². The summed E-state index contributed by atoms with van der Waals surface area (Å²) < 4.78 is 1.14. The average molecular weight is 317 g/mol. The molecule has 0 atom stereocenters. The number of rotatable bonds is 6. The van der Waals surface area contributed by atoms with E-state index in [1.807, 2.05) is 0 Å². The molecule has 2 rings (SSSR count). The smallest absolute Gasteiger partial charge is 0.0494 e. The molecule has 0 N–H and O–H groups in total. The topological polar surface area (TPSA) is 3.24 Å². The van der Waals surface area contributed by atoms with Gasteiger partial charge in [0.1, 0.15) is 0 Å². The molecule has 0 saturated heterocycles. The lowest BCUT2D eigenvalue weighted by atomic mass is 10.1. The zero-order valence-electron chi connectivity index (χ0n) is 10.3. The average Bonchev–Trinajstić information content (AvgIpc) is 3.14. The Labute approximate surface area is 117 Å². The number of hydrogen-bond donors (Lipinski definition) is 0. The molecule has 0 amide bonds. The number of alkyl halides is 1. The molecule has 1 aliphatic rings. The third-order valence-corrected chi connectivity index (χ3v) is 4.02. The summed E-state index contributed by atoms with van der Waals surface area (Å²) in [6.07, 6.45) is 5.16. The first-order valence-electron chi connectivity index (χ1n) is 6.37. The molecule has 1 fully saturated rings. The third-order valence-electron chi connectivity index (χ3n) is 3.24. The molecule has 0 bridgehead atoms. The molecule has 0 radical (unpaired) electrons. The van der Waals surface area contributed by atoms with Gasteiger partial charge in [0.05, 0.1) is 0 Å². The summed E-state index contributed by atoms with van der Waals surface area (Å²) in [6, 6.07) is 7.17. The molecule has 17 heavy (non-hydrogen) atoms. The lowest BCUT2D eigenvalue weighted by Crippen LogP contribution is -2.27. The van der Waals surface area contributed by atoms with E-state index >= 15 is 0 Å². The van der Waals surface area contributed by atoms with Crippen LogP contribution >= 0.6 is 27.5 Å². The largest absolute Gasteiger partial charge is 0.368 e. The van der Waals surface area contributed by atoms with Gasteiger partial charge in [0, 0.05) is 28.6 Å². The highest BCUT2D eigenvalue weighted by Crippen LogP contribution is 2.35. The fraction of sp³-hybridized carbons (Fsp3) is 0.571. The van der Waals surface area contributed by atoms with Crippen molar-refractivity contribution in [3.8, 4) is 0 Å². The van der Waals surface area contributed by atoms with Gasteiger partial charge >= 0.3 is 0 Å². The van der Waals surface area contributed by atoms with Crippen molar-refractivity contribution in [2.75, 3.05) is 11.4 Å². The number of halogens is 2. The van der Waals surface area contributed by atoms with Gasteiger partial charge in [-0.2, -0.15) is 0 Å². The minimum Gasteiger partial charge on any atom is -0.368 e. The number of nitrogens with zero attached hydrogens (tertiary/aromatic N) is 1. The molecule has 1 aromatic rings. The first-order valence-corrected chi connectivity index (χ1v) is 7.70. The van der Waals surface area contributed by atoms with Crippen molar-refractivity contribution in [2.24, 2.45) is 0 Å². The highest BCUT2D eigenvalue weighted by atomic mass is 79.9. The van der Waals surface area contributed by atoms with Crippen molar-refractivity contribution >= 4 is 33.2 Å². The molecule has 0 heterocycles. The van der Waals surface area contributed by atoms with Crippen molar-refractivity contribution < 1.29 is 0 Å². The fourth-order valence-electron chi connectivity index (χ4n) is 2.13. The number of anilines is 1. The van der Waals surface area contributed by atoms with Crippen LogP contribution in [0.2, 0.25) is 0 Å². The highest BCUT2D eigenvalue weighted by Gasteiger charge is 2.29. The Morgan fingerprint density at radius 2 is 2.18 bits per heavy atom. The van der Waals surface area contributed by atoms with E-state index in [0.29, 0.717) is 5.88 Å². The first kappa shape index (κ1) is 13.2. The molecule has 3 heteroatoms. The number of benzene rings is 1. The molecule has 0 spiro atoms. The second kappa shape index (κ2) is 6.10. The van der Waals surface area contributed by atoms with E-state index in [9.17, 15) is 0 Å². The third kappa shape index (κ3) is 3.38. The Bertz CT molecular complexity index is 376. The summed E-state index contributed by atoms with van der Waals surface area (Å²) in [5.74, 6) is 0.595. The van der Waals surface area contributed by atoms with Gasteiger partial charge in [0.15, 0.2) is 0 Å². The molecule has 1 aliphatic carbocycles. The standard InChI is InChI=1S/C14H19BrClN/c1-2-3-8-17(13-6-7-13)14-9-12(15)5-4-11(14)10-16/h4-5,9,13H,2-3,6-8,10H2,1H3. The number of hydrogen-bond acceptors (Lipinski definition) is 1. The van der Waals surface area contributed by atoms with Gasteiger partial charge in [-0.05, 0) is 37.0 Å². The Kier molecular flexibility index (Phi) is 4.75. The molecule has 1 aromatic carbocycles. The van der Waals surface area contributed by atoms with Crippen LogP contribution in [0.4, 0.5) is 5.69 Å². The van der Waals surface area contributed by atoms with E-state index in [0.717, 1.165) is 17.1 Å². The van der Waals surface area contributed by atoms with Gasteiger partial charge in [-0.1, -0.05) is 35.3 Å². The molecule has 0 aromatic heterocycles. The van der Waals surface area contributed by atoms with E-state index in [-0.39, 0.29) is 0 Å². The van der Waals surface area contributed by atoms with E-state index < -0.39 is 0 Å². The van der Waals surface area contributed by atoms with Crippen LogP contribution in [0.15, 0.2) is 22.7 Å². The van der Waals surface area contributed by atoms with Crippen molar-refractivity contribution in [3.05, 3.63) is 28.2 Å². The minimum atomic E-state index is 0.595. The predicted molar refractivity (Wildman–Crippen MR) is 79.0 cm³/mol. The normalized spacial score (nSPS) is 15.0. The summed E-state index contributed by atoms with van der Waals surface area (Å²) in [7, 11) is 0. The Morgan fingerprint density at radius 3 is 2.76 bits per heavy atom. The summed E-state index contributed by atoms with van der Waals surface area (Å²) in [5, 5.41) is 0. The maximum absolute atomic E-state index is 6.05. The zero-order valence-corrected chi connectivity index (χ0v) is 12.6. The van der Waals surface area contributed by atoms with Gasteiger partial charge in [0.2, 0.25) is 0 Å². The Hall–Kier alpha value is -0.210. The molecule has 1 nitrogen and oxygen atoms in total. The van der Waals surface area contributed by atoms with Crippen molar-refractivity contribution in [1.29, 1.82) is 0 Å². The minimum absolute atomic E-state index is 0.595. The van der Waals surface area contributed by atoms with Gasteiger partial charge in [-0.15, -0.1) is 11.6 Å². The maximum atomic E-state index is 6.05. The van der Waals surface area contributed by atoms with Gasteiger partial charge in [-0.25, -0.2) is 0 Å². The zero-order chi connectivity index (χ0) is 12.3. The van der Waals surface area contributed by atoms with Crippen molar-refractivity contribution in [2.45, 2.75) is 44.5 Å². The van der Waals surface area contributed by atoms with E-state index in [2.05, 4.69) is 46.0 Å². The fourth-order valence-corrected chi connectivity index (χ4v) is 2.71. The van der Waals surface area contributed by atoms with Crippen molar-refractivity contribution in [3.63, 3.8) is 0 Å². The van der Waals surface area contributed by atoms with E-state index in [4.69, 9.17) is 11.6 Å². The number of unbranched alkanes of at least 4 members (excludes halogenated alkanes) is 1. The van der Waals surface area contributed by atoms with Gasteiger partial charge in [-0.3, -0.25) is 0 Å². The highest BCUT2D eigenvalue weighted by molar-refractivity contribution is 9.10. The molecular formula is C14H19BrClN. The van der Waals surface area contributed by atoms with E-state index in [1.54, 1.807) is 0 Å². The Balaban J connectivity index is 2.23. The lowest BCUT2D eigenvalue weighted by molar-refractivity contribution is 0.711. The first-order chi connectivity index (χ1) is 8.26. The van der Waals surface area contributed by atoms with Gasteiger partial charge < -0.3 is 4.90 Å². The molecule has 1 saturated carbocycles. The second-order valence-electron chi connectivity index (χ2n) is 4.68. The summed E-state index contributed by atoms with van der Waals surface area (Å²) in [6.45, 7) is 3.40. The quantitative estimate of drug-likeness (QED) is 0.671. The summed E-state index contributed by atoms with van der Waals surface area (Å²) in [4.78, 5) is 2.55.